The number of nitrogens with zero attached hydrogens (tertiary/aromatic N) is 3. The van der Waals surface area contributed by atoms with Crippen molar-refractivity contribution >= 4 is 45.1 Å². The zero-order chi connectivity index (χ0) is 21.3. The molecule has 1 aliphatic heterocycles. The molecule has 1 aliphatic carbocycles. The number of nitro groups is 1. The summed E-state index contributed by atoms with van der Waals surface area (Å²) in [6.07, 6.45) is 7.13. The maximum absolute atomic E-state index is 13.4. The van der Waals surface area contributed by atoms with Gasteiger partial charge in [0.05, 0.1) is 10.6 Å². The van der Waals surface area contributed by atoms with E-state index in [0.29, 0.717) is 17.2 Å². The second-order valence-corrected chi connectivity index (χ2v) is 8.67. The number of hydrogen-bond donors (Lipinski definition) is 0. The molecular formula is C23H22BrN3O3. The van der Waals surface area contributed by atoms with Gasteiger partial charge >= 0.3 is 0 Å². The van der Waals surface area contributed by atoms with Crippen LogP contribution in [0.5, 0.6) is 0 Å². The Bertz CT molecular complexity index is 1050. The standard InChI is InChI=1S/C23H22BrN3O3/c1-15-7-12-19(27(29)30)14-21(15)26-22(17-5-3-2-4-6-17)25-20(23(26)28)13-16-8-10-18(24)11-9-16/h7-14,17H,2-6H2,1H3. The number of nitro benzene ring substituents is 1. The summed E-state index contributed by atoms with van der Waals surface area (Å²) in [5.41, 5.74) is 2.56. The average molecular weight is 468 g/mol. The predicted octanol–water partition coefficient (Wildman–Crippen LogP) is 6.03. The fourth-order valence-electron chi connectivity index (χ4n) is 4.07. The number of amides is 1. The molecule has 0 atom stereocenters. The summed E-state index contributed by atoms with van der Waals surface area (Å²) in [6.45, 7) is 1.86. The minimum Gasteiger partial charge on any atom is -0.266 e. The molecule has 4 rings (SSSR count). The summed E-state index contributed by atoms with van der Waals surface area (Å²) in [7, 11) is 0. The van der Waals surface area contributed by atoms with Crippen molar-refractivity contribution in [3.63, 3.8) is 0 Å². The lowest BCUT2D eigenvalue weighted by atomic mass is 9.88. The van der Waals surface area contributed by atoms with Crippen LogP contribution in [0.3, 0.4) is 0 Å². The first-order chi connectivity index (χ1) is 14.4. The van der Waals surface area contributed by atoms with E-state index < -0.39 is 4.92 Å². The number of halogens is 1. The van der Waals surface area contributed by atoms with Gasteiger partial charge in [0.15, 0.2) is 0 Å². The number of aryl methyl sites for hydroxylation is 1. The lowest BCUT2D eigenvalue weighted by Gasteiger charge is -2.28. The van der Waals surface area contributed by atoms with Crippen molar-refractivity contribution in [1.82, 2.24) is 0 Å². The average Bonchev–Trinajstić information content (AvgIpc) is 3.06. The van der Waals surface area contributed by atoms with Crippen LogP contribution in [0.1, 0.15) is 43.2 Å². The van der Waals surface area contributed by atoms with Gasteiger partial charge in [0, 0.05) is 22.5 Å². The molecule has 0 saturated heterocycles. The van der Waals surface area contributed by atoms with Crippen LogP contribution in [0.4, 0.5) is 11.4 Å². The van der Waals surface area contributed by atoms with E-state index >= 15 is 0 Å². The number of rotatable bonds is 4. The van der Waals surface area contributed by atoms with E-state index in [1.807, 2.05) is 31.2 Å². The van der Waals surface area contributed by atoms with Crippen LogP contribution in [0.15, 0.2) is 57.6 Å². The van der Waals surface area contributed by atoms with Crippen LogP contribution in [-0.2, 0) is 4.79 Å². The van der Waals surface area contributed by atoms with Gasteiger partial charge < -0.3 is 0 Å². The molecule has 0 bridgehead atoms. The van der Waals surface area contributed by atoms with Gasteiger partial charge in [0.25, 0.3) is 11.6 Å². The zero-order valence-electron chi connectivity index (χ0n) is 16.7. The Morgan fingerprint density at radius 3 is 2.50 bits per heavy atom. The normalized spacial score (nSPS) is 18.7. The number of amidine groups is 1. The number of anilines is 1. The molecule has 154 valence electrons. The molecule has 6 nitrogen and oxygen atoms in total. The van der Waals surface area contributed by atoms with Gasteiger partial charge in [0.2, 0.25) is 0 Å². The Labute approximate surface area is 183 Å². The zero-order valence-corrected chi connectivity index (χ0v) is 18.3. The molecule has 2 aliphatic rings. The SMILES string of the molecule is Cc1ccc([N+](=O)[O-])cc1N1C(=O)C(=Cc2ccc(Br)cc2)N=C1C1CCCCC1. The van der Waals surface area contributed by atoms with Gasteiger partial charge in [-0.1, -0.05) is 53.4 Å². The lowest BCUT2D eigenvalue weighted by Crippen LogP contribution is -2.37. The van der Waals surface area contributed by atoms with Gasteiger partial charge in [-0.3, -0.25) is 19.8 Å². The van der Waals surface area contributed by atoms with Crippen molar-refractivity contribution in [3.8, 4) is 0 Å². The summed E-state index contributed by atoms with van der Waals surface area (Å²) in [5.74, 6) is 0.658. The topological polar surface area (TPSA) is 75.8 Å². The lowest BCUT2D eigenvalue weighted by molar-refractivity contribution is -0.384. The number of benzene rings is 2. The highest BCUT2D eigenvalue weighted by Gasteiger charge is 2.37. The molecular weight excluding hydrogens is 446 g/mol. The molecule has 1 fully saturated rings. The molecule has 1 heterocycles. The van der Waals surface area contributed by atoms with E-state index in [9.17, 15) is 14.9 Å². The van der Waals surface area contributed by atoms with Gasteiger partial charge in [0.1, 0.15) is 11.5 Å². The highest BCUT2D eigenvalue weighted by Crippen LogP contribution is 2.36. The van der Waals surface area contributed by atoms with Gasteiger partial charge in [-0.25, -0.2) is 4.99 Å². The highest BCUT2D eigenvalue weighted by molar-refractivity contribution is 9.10. The van der Waals surface area contributed by atoms with Gasteiger partial charge in [-0.15, -0.1) is 0 Å². The third-order valence-electron chi connectivity index (χ3n) is 5.67. The summed E-state index contributed by atoms with van der Waals surface area (Å²) < 4.78 is 0.961. The van der Waals surface area contributed by atoms with Crippen LogP contribution in [-0.4, -0.2) is 16.7 Å². The van der Waals surface area contributed by atoms with Gasteiger partial charge in [-0.05, 0) is 49.1 Å². The Morgan fingerprint density at radius 2 is 1.83 bits per heavy atom. The molecule has 1 saturated carbocycles. The Kier molecular flexibility index (Phi) is 5.81. The number of carbonyl (C=O) groups is 1. The second-order valence-electron chi connectivity index (χ2n) is 7.75. The third kappa shape index (κ3) is 4.07. The van der Waals surface area contributed by atoms with Crippen molar-refractivity contribution in [2.45, 2.75) is 39.0 Å². The van der Waals surface area contributed by atoms with Crippen molar-refractivity contribution < 1.29 is 9.72 Å². The third-order valence-corrected chi connectivity index (χ3v) is 6.20. The number of carbonyl (C=O) groups excluding carboxylic acids is 1. The van der Waals surface area contributed by atoms with Crippen molar-refractivity contribution in [2.75, 3.05) is 4.90 Å². The quantitative estimate of drug-likeness (QED) is 0.312. The molecule has 0 radical (unpaired) electrons. The van der Waals surface area contributed by atoms with Crippen LogP contribution >= 0.6 is 15.9 Å². The van der Waals surface area contributed by atoms with E-state index in [4.69, 9.17) is 4.99 Å². The minimum absolute atomic E-state index is 0.0308. The summed E-state index contributed by atoms with van der Waals surface area (Å²) in [4.78, 5) is 30.7. The molecule has 7 heteroatoms. The van der Waals surface area contributed by atoms with E-state index in [2.05, 4.69) is 15.9 Å². The molecule has 2 aromatic rings. The molecule has 0 unspecified atom stereocenters. The molecule has 30 heavy (non-hydrogen) atoms. The van der Waals surface area contributed by atoms with Crippen LogP contribution in [0.25, 0.3) is 6.08 Å². The first kappa shape index (κ1) is 20.5. The fourth-order valence-corrected chi connectivity index (χ4v) is 4.33. The number of aliphatic imine (C=N–C) groups is 1. The highest BCUT2D eigenvalue weighted by atomic mass is 79.9. The van der Waals surface area contributed by atoms with Crippen LogP contribution < -0.4 is 4.90 Å². The molecule has 0 N–H and O–H groups in total. The minimum atomic E-state index is -0.431. The number of non-ortho nitro benzene ring substituents is 1. The first-order valence-electron chi connectivity index (χ1n) is 10.1. The summed E-state index contributed by atoms with van der Waals surface area (Å²) in [5, 5.41) is 11.3. The summed E-state index contributed by atoms with van der Waals surface area (Å²) >= 11 is 3.42. The molecule has 1 amide bonds. The molecule has 2 aromatic carbocycles. The van der Waals surface area contributed by atoms with E-state index in [1.165, 1.54) is 18.6 Å². The van der Waals surface area contributed by atoms with Crippen molar-refractivity contribution in [1.29, 1.82) is 0 Å². The largest absolute Gasteiger partial charge is 0.282 e. The van der Waals surface area contributed by atoms with Gasteiger partial charge in [-0.2, -0.15) is 0 Å². The van der Waals surface area contributed by atoms with Crippen molar-refractivity contribution in [3.05, 3.63) is 73.9 Å². The van der Waals surface area contributed by atoms with E-state index in [-0.39, 0.29) is 17.5 Å². The van der Waals surface area contributed by atoms with Crippen molar-refractivity contribution in [2.24, 2.45) is 10.9 Å². The van der Waals surface area contributed by atoms with E-state index in [1.54, 1.807) is 17.0 Å². The molecule has 0 spiro atoms. The monoisotopic (exact) mass is 467 g/mol. The summed E-state index contributed by atoms with van der Waals surface area (Å²) in [6, 6.07) is 12.3. The Balaban J connectivity index is 1.79. The van der Waals surface area contributed by atoms with Crippen LogP contribution in [0, 0.1) is 23.0 Å². The van der Waals surface area contributed by atoms with Crippen LogP contribution in [0.2, 0.25) is 0 Å². The smallest absolute Gasteiger partial charge is 0.266 e. The maximum Gasteiger partial charge on any atom is 0.282 e. The van der Waals surface area contributed by atoms with E-state index in [0.717, 1.165) is 41.3 Å². The second kappa shape index (κ2) is 8.52. The Hall–Kier alpha value is -2.80. The predicted molar refractivity (Wildman–Crippen MR) is 121 cm³/mol. The first-order valence-corrected chi connectivity index (χ1v) is 10.9. The number of hydrogen-bond acceptors (Lipinski definition) is 4. The molecule has 0 aromatic heterocycles. The maximum atomic E-state index is 13.4. The Morgan fingerprint density at radius 1 is 1.13 bits per heavy atom. The fraction of sp³-hybridized carbons (Fsp3) is 0.304.